The van der Waals surface area contributed by atoms with Gasteiger partial charge in [-0.2, -0.15) is 0 Å². The summed E-state index contributed by atoms with van der Waals surface area (Å²) in [5.41, 5.74) is 6.53. The normalized spacial score (nSPS) is 17.9. The number of ether oxygens (including phenoxy) is 5. The number of aromatic nitrogens is 3. The number of anilines is 1. The zero-order valence-electron chi connectivity index (χ0n) is 25.2. The smallest absolute Gasteiger partial charge is 0.144 e. The molecule has 0 unspecified atom stereocenters. The third-order valence-corrected chi connectivity index (χ3v) is 8.11. The van der Waals surface area contributed by atoms with E-state index in [4.69, 9.17) is 23.7 Å². The number of hydrogen-bond acceptors (Lipinski definition) is 9. The zero-order valence-corrected chi connectivity index (χ0v) is 25.2. The molecule has 0 saturated carbocycles. The first-order chi connectivity index (χ1) is 21.2. The highest BCUT2D eigenvalue weighted by Crippen LogP contribution is 2.36. The SMILES string of the molecule is CCN1Cc2cccc3c(-c4cn(-c5ccc(N6CCOCCOCCOCCOCC6)c(OC)c5)nn4)ccc(c23)C1. The quantitative estimate of drug-likeness (QED) is 0.339. The van der Waals surface area contributed by atoms with Gasteiger partial charge in [-0.15, -0.1) is 5.10 Å². The molecule has 3 heterocycles. The molecule has 0 N–H and O–H groups in total. The van der Waals surface area contributed by atoms with Crippen LogP contribution in [0.4, 0.5) is 5.69 Å². The zero-order chi connectivity index (χ0) is 29.4. The van der Waals surface area contributed by atoms with Crippen LogP contribution in [-0.2, 0) is 32.0 Å². The first-order valence-electron chi connectivity index (χ1n) is 15.2. The second kappa shape index (κ2) is 14.3. The van der Waals surface area contributed by atoms with Crippen molar-refractivity contribution in [3.63, 3.8) is 0 Å². The first-order valence-corrected chi connectivity index (χ1v) is 15.2. The molecule has 228 valence electrons. The third-order valence-electron chi connectivity index (χ3n) is 8.11. The van der Waals surface area contributed by atoms with Gasteiger partial charge in [-0.25, -0.2) is 4.68 Å². The van der Waals surface area contributed by atoms with Crippen molar-refractivity contribution < 1.29 is 23.7 Å². The summed E-state index contributed by atoms with van der Waals surface area (Å²) in [5, 5.41) is 11.7. The Morgan fingerprint density at radius 3 is 2.14 bits per heavy atom. The van der Waals surface area contributed by atoms with E-state index in [0.717, 1.165) is 48.0 Å². The number of nitrogens with zero attached hydrogens (tertiary/aromatic N) is 5. The predicted octanol–water partition coefficient (Wildman–Crippen LogP) is 4.32. The van der Waals surface area contributed by atoms with Gasteiger partial charge in [-0.05, 0) is 40.6 Å². The van der Waals surface area contributed by atoms with Crippen LogP contribution in [0.2, 0.25) is 0 Å². The Balaban J connectivity index is 1.23. The molecule has 4 aromatic rings. The fourth-order valence-electron chi connectivity index (χ4n) is 5.86. The van der Waals surface area contributed by atoms with Crippen LogP contribution < -0.4 is 9.64 Å². The lowest BCUT2D eigenvalue weighted by molar-refractivity contribution is 0.00206. The van der Waals surface area contributed by atoms with Crippen LogP contribution in [0.15, 0.2) is 54.7 Å². The van der Waals surface area contributed by atoms with Gasteiger partial charge in [-0.1, -0.05) is 42.5 Å². The molecule has 2 aliphatic rings. The Bertz CT molecular complexity index is 1480. The molecule has 0 bridgehead atoms. The van der Waals surface area contributed by atoms with Crippen molar-refractivity contribution in [2.45, 2.75) is 20.0 Å². The standard InChI is InChI=1S/C33H41N5O5/c1-3-36-22-25-5-4-6-29-28(9-7-26(23-36)33(25)29)30-24-38(35-34-30)27-8-10-31(32(21-27)39-2)37-11-13-40-15-17-42-19-20-43-18-16-41-14-12-37/h4-10,21,24H,3,11-20,22-23H2,1-2H3. The summed E-state index contributed by atoms with van der Waals surface area (Å²) in [6, 6.07) is 17.1. The molecule has 43 heavy (non-hydrogen) atoms. The van der Waals surface area contributed by atoms with E-state index in [1.54, 1.807) is 7.11 Å². The molecule has 0 spiro atoms. The van der Waals surface area contributed by atoms with Gasteiger partial charge in [-0.3, -0.25) is 4.90 Å². The van der Waals surface area contributed by atoms with Crippen molar-refractivity contribution in [3.8, 4) is 22.7 Å². The maximum atomic E-state index is 5.87. The van der Waals surface area contributed by atoms with E-state index in [1.807, 2.05) is 23.0 Å². The van der Waals surface area contributed by atoms with Gasteiger partial charge >= 0.3 is 0 Å². The van der Waals surface area contributed by atoms with Crippen molar-refractivity contribution in [2.24, 2.45) is 0 Å². The Morgan fingerprint density at radius 2 is 1.47 bits per heavy atom. The Morgan fingerprint density at radius 1 is 0.791 bits per heavy atom. The minimum atomic E-state index is 0.547. The highest BCUT2D eigenvalue weighted by Gasteiger charge is 2.21. The van der Waals surface area contributed by atoms with E-state index in [-0.39, 0.29) is 0 Å². The molecule has 10 nitrogen and oxygen atoms in total. The summed E-state index contributed by atoms with van der Waals surface area (Å²) in [6.07, 6.45) is 2.00. The maximum Gasteiger partial charge on any atom is 0.144 e. The van der Waals surface area contributed by atoms with Crippen LogP contribution in [0.5, 0.6) is 5.75 Å². The highest BCUT2D eigenvalue weighted by molar-refractivity contribution is 6.00. The van der Waals surface area contributed by atoms with Gasteiger partial charge in [0.2, 0.25) is 0 Å². The topological polar surface area (TPSA) is 83.3 Å². The molecule has 10 heteroatoms. The molecule has 6 rings (SSSR count). The number of benzene rings is 3. The second-order valence-electron chi connectivity index (χ2n) is 10.8. The first kappa shape index (κ1) is 29.5. The van der Waals surface area contributed by atoms with Crippen LogP contribution >= 0.6 is 0 Å². The Labute approximate surface area is 253 Å². The molecular weight excluding hydrogens is 546 g/mol. The van der Waals surface area contributed by atoms with Crippen molar-refractivity contribution in [2.75, 3.05) is 84.5 Å². The molecule has 2 aliphatic heterocycles. The molecule has 0 radical (unpaired) electrons. The monoisotopic (exact) mass is 587 g/mol. The lowest BCUT2D eigenvalue weighted by atomic mass is 9.91. The van der Waals surface area contributed by atoms with E-state index in [1.165, 1.54) is 21.9 Å². The van der Waals surface area contributed by atoms with Crippen LogP contribution in [0, 0.1) is 0 Å². The minimum Gasteiger partial charge on any atom is -0.495 e. The molecule has 1 fully saturated rings. The summed E-state index contributed by atoms with van der Waals surface area (Å²) in [5.74, 6) is 0.751. The highest BCUT2D eigenvalue weighted by atomic mass is 16.6. The van der Waals surface area contributed by atoms with Gasteiger partial charge in [0.25, 0.3) is 0 Å². The summed E-state index contributed by atoms with van der Waals surface area (Å²) in [6.45, 7) is 11.1. The van der Waals surface area contributed by atoms with Crippen LogP contribution in [0.3, 0.4) is 0 Å². The third kappa shape index (κ3) is 6.84. The van der Waals surface area contributed by atoms with Crippen molar-refractivity contribution in [1.29, 1.82) is 0 Å². The van der Waals surface area contributed by atoms with Crippen LogP contribution in [0.1, 0.15) is 18.1 Å². The van der Waals surface area contributed by atoms with Gasteiger partial charge in [0.05, 0.1) is 77.5 Å². The molecule has 0 atom stereocenters. The minimum absolute atomic E-state index is 0.547. The molecule has 3 aromatic carbocycles. The van der Waals surface area contributed by atoms with Gasteiger partial charge in [0, 0.05) is 37.8 Å². The second-order valence-corrected chi connectivity index (χ2v) is 10.8. The van der Waals surface area contributed by atoms with Crippen molar-refractivity contribution in [3.05, 3.63) is 65.9 Å². The molecular formula is C33H41N5O5. The van der Waals surface area contributed by atoms with E-state index < -0.39 is 0 Å². The largest absolute Gasteiger partial charge is 0.495 e. The molecule has 0 amide bonds. The van der Waals surface area contributed by atoms with Crippen molar-refractivity contribution in [1.82, 2.24) is 19.9 Å². The fourth-order valence-corrected chi connectivity index (χ4v) is 5.86. The molecule has 1 saturated heterocycles. The van der Waals surface area contributed by atoms with E-state index in [0.29, 0.717) is 65.9 Å². The fraction of sp³-hybridized carbons (Fsp3) is 0.455. The Kier molecular flexibility index (Phi) is 9.81. The lowest BCUT2D eigenvalue weighted by Crippen LogP contribution is -2.32. The summed E-state index contributed by atoms with van der Waals surface area (Å²) in [4.78, 5) is 4.70. The van der Waals surface area contributed by atoms with Crippen LogP contribution in [-0.4, -0.2) is 99.5 Å². The van der Waals surface area contributed by atoms with Gasteiger partial charge < -0.3 is 28.6 Å². The maximum absolute atomic E-state index is 5.87. The summed E-state index contributed by atoms with van der Waals surface area (Å²) in [7, 11) is 1.69. The average molecular weight is 588 g/mol. The lowest BCUT2D eigenvalue weighted by Gasteiger charge is -2.28. The van der Waals surface area contributed by atoms with Crippen molar-refractivity contribution >= 4 is 16.5 Å². The van der Waals surface area contributed by atoms with E-state index >= 15 is 0 Å². The molecule has 1 aromatic heterocycles. The predicted molar refractivity (Wildman–Crippen MR) is 166 cm³/mol. The summed E-state index contributed by atoms with van der Waals surface area (Å²) < 4.78 is 30.4. The van der Waals surface area contributed by atoms with E-state index in [2.05, 4.69) is 63.4 Å². The average Bonchev–Trinajstić information content (AvgIpc) is 3.53. The van der Waals surface area contributed by atoms with Gasteiger partial charge in [0.15, 0.2) is 0 Å². The number of hydrogen-bond donors (Lipinski definition) is 0. The van der Waals surface area contributed by atoms with Gasteiger partial charge in [0.1, 0.15) is 11.4 Å². The Hall–Kier alpha value is -3.54. The molecule has 0 aliphatic carbocycles. The van der Waals surface area contributed by atoms with E-state index in [9.17, 15) is 0 Å². The summed E-state index contributed by atoms with van der Waals surface area (Å²) >= 11 is 0. The number of rotatable bonds is 5. The number of methoxy groups -OCH3 is 1. The van der Waals surface area contributed by atoms with Crippen LogP contribution in [0.25, 0.3) is 27.7 Å².